The molecule has 0 fully saturated rings. The number of alkyl halides is 1. The van der Waals surface area contributed by atoms with Gasteiger partial charge in [0.2, 0.25) is 0 Å². The first kappa shape index (κ1) is 14.2. The highest BCUT2D eigenvalue weighted by atomic mass is 79.9. The molecule has 0 N–H and O–H groups in total. The zero-order valence-corrected chi connectivity index (χ0v) is 11.8. The molecule has 1 unspecified atom stereocenters. The lowest BCUT2D eigenvalue weighted by Crippen LogP contribution is -2.12. The highest BCUT2D eigenvalue weighted by molar-refractivity contribution is 9.10. The Balaban J connectivity index is 3.26. The van der Waals surface area contributed by atoms with E-state index < -0.39 is 11.3 Å². The van der Waals surface area contributed by atoms with Gasteiger partial charge in [0.05, 0.1) is 12.2 Å². The number of benzene rings is 1. The van der Waals surface area contributed by atoms with E-state index in [1.807, 2.05) is 0 Å². The number of ether oxygens (including phenoxy) is 1. The molecule has 0 aliphatic rings. The molecule has 0 aromatic heterocycles. The fraction of sp³-hybridized carbons (Fsp3) is 0.333. The maximum atomic E-state index is 11.7. The van der Waals surface area contributed by atoms with Crippen molar-refractivity contribution in [3.8, 4) is 0 Å². The van der Waals surface area contributed by atoms with Crippen LogP contribution >= 0.6 is 27.5 Å². The van der Waals surface area contributed by atoms with Gasteiger partial charge in [-0.1, -0.05) is 22.0 Å². The second-order valence-corrected chi connectivity index (χ2v) is 4.69. The highest BCUT2D eigenvalue weighted by Gasteiger charge is 2.23. The minimum Gasteiger partial charge on any atom is -0.462 e. The minimum atomic E-state index is -0.856. The normalized spacial score (nSPS) is 12.0. The Bertz CT molecular complexity index is 445. The quantitative estimate of drug-likeness (QED) is 0.630. The second-order valence-electron chi connectivity index (χ2n) is 3.39. The van der Waals surface area contributed by atoms with Crippen molar-refractivity contribution in [3.63, 3.8) is 0 Å². The van der Waals surface area contributed by atoms with Gasteiger partial charge in [-0.2, -0.15) is 0 Å². The van der Waals surface area contributed by atoms with Gasteiger partial charge in [-0.25, -0.2) is 4.79 Å². The lowest BCUT2D eigenvalue weighted by atomic mass is 10.0. The summed E-state index contributed by atoms with van der Waals surface area (Å²) in [6, 6.07) is 5.02. The largest absolute Gasteiger partial charge is 0.462 e. The van der Waals surface area contributed by atoms with Crippen LogP contribution < -0.4 is 0 Å². The summed E-state index contributed by atoms with van der Waals surface area (Å²) in [6.07, 6.45) is 0. The number of ketones is 1. The van der Waals surface area contributed by atoms with Crippen molar-refractivity contribution >= 4 is 39.3 Å². The van der Waals surface area contributed by atoms with Gasteiger partial charge in [0.15, 0.2) is 5.78 Å². The second kappa shape index (κ2) is 6.17. The van der Waals surface area contributed by atoms with E-state index in [4.69, 9.17) is 16.3 Å². The van der Waals surface area contributed by atoms with Gasteiger partial charge in [-0.3, -0.25) is 4.79 Å². The Morgan fingerprint density at radius 3 is 2.65 bits per heavy atom. The summed E-state index contributed by atoms with van der Waals surface area (Å²) >= 11 is 9.30. The zero-order chi connectivity index (χ0) is 13.0. The van der Waals surface area contributed by atoms with Crippen LogP contribution in [0.25, 0.3) is 0 Å². The van der Waals surface area contributed by atoms with Crippen LogP contribution in [0.3, 0.4) is 0 Å². The van der Waals surface area contributed by atoms with E-state index in [2.05, 4.69) is 15.9 Å². The molecule has 17 heavy (non-hydrogen) atoms. The van der Waals surface area contributed by atoms with Crippen molar-refractivity contribution in [2.24, 2.45) is 0 Å². The molecular formula is C12H12BrClO3. The number of esters is 1. The summed E-state index contributed by atoms with van der Waals surface area (Å²) in [4.78, 5) is 23.1. The third kappa shape index (κ3) is 3.30. The number of carbonyl (C=O) groups excluding carboxylic acids is 2. The van der Waals surface area contributed by atoms with Crippen molar-refractivity contribution in [1.82, 2.24) is 0 Å². The third-order valence-corrected chi connectivity index (χ3v) is 3.38. The lowest BCUT2D eigenvalue weighted by molar-refractivity contribution is -0.116. The summed E-state index contributed by atoms with van der Waals surface area (Å²) in [5, 5.41) is -0.856. The molecule has 1 rings (SSSR count). The molecule has 1 aromatic carbocycles. The van der Waals surface area contributed by atoms with Gasteiger partial charge < -0.3 is 4.74 Å². The SMILES string of the molecule is CCOC(=O)c1cccc(Br)c1C(Cl)C(C)=O. The van der Waals surface area contributed by atoms with E-state index in [0.29, 0.717) is 15.6 Å². The van der Waals surface area contributed by atoms with E-state index in [1.54, 1.807) is 25.1 Å². The Kier molecular flexibility index (Phi) is 5.15. The Labute approximate surface area is 113 Å². The number of hydrogen-bond donors (Lipinski definition) is 0. The molecule has 3 nitrogen and oxygen atoms in total. The average Bonchev–Trinajstić information content (AvgIpc) is 2.28. The van der Waals surface area contributed by atoms with Gasteiger partial charge >= 0.3 is 5.97 Å². The van der Waals surface area contributed by atoms with E-state index in [-0.39, 0.29) is 12.4 Å². The van der Waals surface area contributed by atoms with Crippen LogP contribution in [0.15, 0.2) is 22.7 Å². The lowest BCUT2D eigenvalue weighted by Gasteiger charge is -2.13. The molecule has 0 aliphatic carbocycles. The molecule has 1 aromatic rings. The van der Waals surface area contributed by atoms with Gasteiger partial charge in [0.1, 0.15) is 5.38 Å². The van der Waals surface area contributed by atoms with Crippen molar-refractivity contribution in [2.45, 2.75) is 19.2 Å². The predicted molar refractivity (Wildman–Crippen MR) is 69.4 cm³/mol. The summed E-state index contributed by atoms with van der Waals surface area (Å²) in [7, 11) is 0. The first-order valence-electron chi connectivity index (χ1n) is 5.09. The van der Waals surface area contributed by atoms with Crippen LogP contribution in [0.5, 0.6) is 0 Å². The first-order chi connectivity index (χ1) is 7.99. The smallest absolute Gasteiger partial charge is 0.338 e. The monoisotopic (exact) mass is 318 g/mol. The third-order valence-electron chi connectivity index (χ3n) is 2.16. The minimum absolute atomic E-state index is 0.218. The molecule has 0 aliphatic heterocycles. The van der Waals surface area contributed by atoms with Crippen LogP contribution in [-0.2, 0) is 9.53 Å². The topological polar surface area (TPSA) is 43.4 Å². The zero-order valence-electron chi connectivity index (χ0n) is 9.50. The molecule has 0 radical (unpaired) electrons. The Morgan fingerprint density at radius 1 is 1.47 bits per heavy atom. The van der Waals surface area contributed by atoms with Gasteiger partial charge in [0.25, 0.3) is 0 Å². The first-order valence-corrected chi connectivity index (χ1v) is 6.32. The Hall–Kier alpha value is -0.870. The molecule has 0 heterocycles. The van der Waals surface area contributed by atoms with E-state index >= 15 is 0 Å². The highest BCUT2D eigenvalue weighted by Crippen LogP contribution is 2.32. The molecule has 0 saturated carbocycles. The molecule has 92 valence electrons. The molecule has 5 heteroatoms. The number of carbonyl (C=O) groups is 2. The molecule has 1 atom stereocenters. The summed E-state index contributed by atoms with van der Waals surface area (Å²) in [5.41, 5.74) is 0.775. The van der Waals surface area contributed by atoms with Crippen molar-refractivity contribution in [3.05, 3.63) is 33.8 Å². The number of Topliss-reactive ketones (excluding diaryl/α,β-unsaturated/α-hetero) is 1. The fourth-order valence-electron chi connectivity index (χ4n) is 1.38. The van der Waals surface area contributed by atoms with Crippen LogP contribution in [0.2, 0.25) is 0 Å². The summed E-state index contributed by atoms with van der Waals surface area (Å²) in [6.45, 7) is 3.38. The molecule has 0 spiro atoms. The van der Waals surface area contributed by atoms with Crippen LogP contribution in [0.1, 0.15) is 35.1 Å². The van der Waals surface area contributed by atoms with E-state index in [0.717, 1.165) is 0 Å². The van der Waals surface area contributed by atoms with E-state index in [1.165, 1.54) is 6.92 Å². The van der Waals surface area contributed by atoms with Crippen LogP contribution in [-0.4, -0.2) is 18.4 Å². The summed E-state index contributed by atoms with van der Waals surface area (Å²) in [5.74, 6) is -0.695. The fourth-order valence-corrected chi connectivity index (χ4v) is 2.35. The van der Waals surface area contributed by atoms with E-state index in [9.17, 15) is 9.59 Å². The Morgan fingerprint density at radius 2 is 2.12 bits per heavy atom. The van der Waals surface area contributed by atoms with Gasteiger partial charge in [-0.15, -0.1) is 11.6 Å². The number of hydrogen-bond acceptors (Lipinski definition) is 3. The van der Waals surface area contributed by atoms with Crippen molar-refractivity contribution in [2.75, 3.05) is 6.61 Å². The predicted octanol–water partition coefficient (Wildman–Crippen LogP) is 3.49. The molecule has 0 saturated heterocycles. The van der Waals surface area contributed by atoms with Crippen molar-refractivity contribution < 1.29 is 14.3 Å². The number of rotatable bonds is 4. The van der Waals surface area contributed by atoms with Gasteiger partial charge in [0, 0.05) is 10.0 Å². The molecule has 0 amide bonds. The van der Waals surface area contributed by atoms with Crippen molar-refractivity contribution in [1.29, 1.82) is 0 Å². The maximum absolute atomic E-state index is 11.7. The average molecular weight is 320 g/mol. The standard InChI is InChI=1S/C12H12BrClO3/c1-3-17-12(16)8-5-4-6-9(13)10(8)11(14)7(2)15/h4-6,11H,3H2,1-2H3. The molecular weight excluding hydrogens is 307 g/mol. The molecule has 0 bridgehead atoms. The van der Waals surface area contributed by atoms with Gasteiger partial charge in [-0.05, 0) is 26.0 Å². The summed E-state index contributed by atoms with van der Waals surface area (Å²) < 4.78 is 5.55. The van der Waals surface area contributed by atoms with Crippen LogP contribution in [0, 0.1) is 0 Å². The maximum Gasteiger partial charge on any atom is 0.338 e. The van der Waals surface area contributed by atoms with Crippen LogP contribution in [0.4, 0.5) is 0 Å². The number of halogens is 2.